The molecule has 1 rings (SSSR count). The molecule has 1 saturated heterocycles. The number of hydrogen-bond acceptors (Lipinski definition) is 3. The molecule has 3 N–H and O–H groups in total. The first-order valence-corrected chi connectivity index (χ1v) is 7.40. The van der Waals surface area contributed by atoms with Gasteiger partial charge >= 0.3 is 0 Å². The topological polar surface area (TPSA) is 58.4 Å². The molecule has 0 bridgehead atoms. The van der Waals surface area contributed by atoms with Crippen LogP contribution in [0.2, 0.25) is 0 Å². The van der Waals surface area contributed by atoms with Gasteiger partial charge in [-0.05, 0) is 57.7 Å². The molecule has 0 saturated carbocycles. The molecule has 112 valence electrons. The van der Waals surface area contributed by atoms with Crippen molar-refractivity contribution in [3.8, 4) is 0 Å². The van der Waals surface area contributed by atoms with E-state index in [4.69, 9.17) is 5.73 Å². The summed E-state index contributed by atoms with van der Waals surface area (Å²) in [6.45, 7) is 12.1. The smallest absolute Gasteiger partial charge is 0.237 e. The molecule has 1 aliphatic heterocycles. The number of nitrogens with zero attached hydrogens (tertiary/aromatic N) is 1. The number of likely N-dealkylation sites (tertiary alicyclic amines) is 1. The van der Waals surface area contributed by atoms with Gasteiger partial charge in [-0.25, -0.2) is 0 Å². The Morgan fingerprint density at radius 3 is 2.16 bits per heavy atom. The van der Waals surface area contributed by atoms with Gasteiger partial charge in [0.05, 0.1) is 5.54 Å². The van der Waals surface area contributed by atoms with Crippen LogP contribution >= 0.6 is 0 Å². The van der Waals surface area contributed by atoms with Crippen LogP contribution in [0.15, 0.2) is 0 Å². The molecule has 1 atom stereocenters. The van der Waals surface area contributed by atoms with E-state index < -0.39 is 5.54 Å². The van der Waals surface area contributed by atoms with Crippen molar-refractivity contribution in [3.05, 3.63) is 0 Å². The Labute approximate surface area is 118 Å². The second kappa shape index (κ2) is 6.23. The molecule has 4 heteroatoms. The Bertz CT molecular complexity index is 303. The highest BCUT2D eigenvalue weighted by molar-refractivity contribution is 5.84. The number of nitrogens with two attached hydrogens (primary N) is 1. The van der Waals surface area contributed by atoms with E-state index in [0.29, 0.717) is 5.41 Å². The van der Waals surface area contributed by atoms with Crippen LogP contribution in [-0.4, -0.2) is 43.0 Å². The van der Waals surface area contributed by atoms with Crippen molar-refractivity contribution in [2.45, 2.75) is 52.5 Å². The fraction of sp³-hybridized carbons (Fsp3) is 0.933. The van der Waals surface area contributed by atoms with Gasteiger partial charge < -0.3 is 16.0 Å². The summed E-state index contributed by atoms with van der Waals surface area (Å²) in [7, 11) is 1.80. The van der Waals surface area contributed by atoms with Gasteiger partial charge in [-0.3, -0.25) is 4.79 Å². The number of amides is 1. The summed E-state index contributed by atoms with van der Waals surface area (Å²) in [6.07, 6.45) is 3.30. The first-order valence-electron chi connectivity index (χ1n) is 7.40. The first kappa shape index (κ1) is 16.4. The predicted octanol–water partition coefficient (Wildman–Crippen LogP) is 1.60. The van der Waals surface area contributed by atoms with Crippen molar-refractivity contribution in [2.24, 2.45) is 17.1 Å². The molecule has 1 aliphatic rings. The highest BCUT2D eigenvalue weighted by Crippen LogP contribution is 2.34. The third-order valence-electron chi connectivity index (χ3n) is 4.84. The third kappa shape index (κ3) is 4.46. The van der Waals surface area contributed by atoms with Crippen molar-refractivity contribution >= 4 is 5.91 Å². The number of hydrogen-bond donors (Lipinski definition) is 2. The molecule has 0 aromatic carbocycles. The molecule has 4 nitrogen and oxygen atoms in total. The molecule has 1 heterocycles. The van der Waals surface area contributed by atoms with Crippen molar-refractivity contribution in [3.63, 3.8) is 0 Å². The van der Waals surface area contributed by atoms with E-state index in [0.717, 1.165) is 32.0 Å². The summed E-state index contributed by atoms with van der Waals surface area (Å²) in [5, 5.41) is 3.05. The van der Waals surface area contributed by atoms with Crippen LogP contribution in [0.1, 0.15) is 47.0 Å². The lowest BCUT2D eigenvalue weighted by atomic mass is 9.75. The summed E-state index contributed by atoms with van der Waals surface area (Å²) in [5.74, 6) is 0.551. The molecule has 0 spiro atoms. The van der Waals surface area contributed by atoms with Gasteiger partial charge in [-0.2, -0.15) is 0 Å². The average molecular weight is 269 g/mol. The van der Waals surface area contributed by atoms with Gasteiger partial charge in [-0.1, -0.05) is 20.8 Å². The van der Waals surface area contributed by atoms with E-state index >= 15 is 0 Å². The normalized spacial score (nSPS) is 22.2. The molecule has 0 aromatic rings. The standard InChI is InChI=1S/C15H31N3O/c1-14(2,3)12-6-9-18(10-7-12)11-8-15(4,17-5)13(16)19/h12,17H,6-11H2,1-5H3,(H2,16,19). The van der Waals surface area contributed by atoms with Gasteiger partial charge in [0.2, 0.25) is 5.91 Å². The largest absolute Gasteiger partial charge is 0.368 e. The molecule has 0 radical (unpaired) electrons. The van der Waals surface area contributed by atoms with E-state index in [1.807, 2.05) is 6.92 Å². The molecule has 1 unspecified atom stereocenters. The number of carbonyl (C=O) groups is 1. The van der Waals surface area contributed by atoms with Crippen LogP contribution in [0.5, 0.6) is 0 Å². The summed E-state index contributed by atoms with van der Waals surface area (Å²) in [4.78, 5) is 13.9. The maximum atomic E-state index is 11.4. The Morgan fingerprint density at radius 1 is 1.26 bits per heavy atom. The molecular formula is C15H31N3O. The fourth-order valence-corrected chi connectivity index (χ4v) is 2.78. The number of carbonyl (C=O) groups excluding carboxylic acids is 1. The van der Waals surface area contributed by atoms with Crippen molar-refractivity contribution in [1.29, 1.82) is 0 Å². The molecule has 19 heavy (non-hydrogen) atoms. The Hall–Kier alpha value is -0.610. The quantitative estimate of drug-likeness (QED) is 0.797. The van der Waals surface area contributed by atoms with Gasteiger partial charge in [0.1, 0.15) is 0 Å². The van der Waals surface area contributed by atoms with Gasteiger partial charge in [0, 0.05) is 6.54 Å². The van der Waals surface area contributed by atoms with Gasteiger partial charge in [0.25, 0.3) is 0 Å². The number of nitrogens with one attached hydrogen (secondary N) is 1. The monoisotopic (exact) mass is 269 g/mol. The van der Waals surface area contributed by atoms with Crippen LogP contribution in [0, 0.1) is 11.3 Å². The Balaban J connectivity index is 2.40. The van der Waals surface area contributed by atoms with E-state index in [-0.39, 0.29) is 5.91 Å². The number of rotatable bonds is 5. The average Bonchev–Trinajstić information content (AvgIpc) is 2.35. The summed E-state index contributed by atoms with van der Waals surface area (Å²) in [6, 6.07) is 0. The number of likely N-dealkylation sites (N-methyl/N-ethyl adjacent to an activating group) is 1. The summed E-state index contributed by atoms with van der Waals surface area (Å²) >= 11 is 0. The molecule has 1 amide bonds. The van der Waals surface area contributed by atoms with Crippen LogP contribution in [0.4, 0.5) is 0 Å². The predicted molar refractivity (Wildman–Crippen MR) is 79.9 cm³/mol. The number of primary amides is 1. The lowest BCUT2D eigenvalue weighted by Gasteiger charge is -2.39. The zero-order chi connectivity index (χ0) is 14.7. The van der Waals surface area contributed by atoms with Gasteiger partial charge in [-0.15, -0.1) is 0 Å². The van der Waals surface area contributed by atoms with E-state index in [1.54, 1.807) is 7.05 Å². The van der Waals surface area contributed by atoms with Crippen LogP contribution < -0.4 is 11.1 Å². The van der Waals surface area contributed by atoms with Crippen molar-refractivity contribution < 1.29 is 4.79 Å². The van der Waals surface area contributed by atoms with E-state index in [2.05, 4.69) is 31.0 Å². The zero-order valence-corrected chi connectivity index (χ0v) is 13.3. The second-order valence-corrected chi connectivity index (χ2v) is 7.18. The van der Waals surface area contributed by atoms with Crippen LogP contribution in [0.25, 0.3) is 0 Å². The molecule has 0 aromatic heterocycles. The minimum Gasteiger partial charge on any atom is -0.368 e. The summed E-state index contributed by atoms with van der Waals surface area (Å²) in [5.41, 5.74) is 5.29. The molecule has 1 fully saturated rings. The van der Waals surface area contributed by atoms with E-state index in [1.165, 1.54) is 12.8 Å². The maximum Gasteiger partial charge on any atom is 0.237 e. The number of piperidine rings is 1. The lowest BCUT2D eigenvalue weighted by molar-refractivity contribution is -0.124. The third-order valence-corrected chi connectivity index (χ3v) is 4.84. The van der Waals surface area contributed by atoms with Crippen LogP contribution in [-0.2, 0) is 4.79 Å². The van der Waals surface area contributed by atoms with Crippen molar-refractivity contribution in [1.82, 2.24) is 10.2 Å². The zero-order valence-electron chi connectivity index (χ0n) is 13.3. The minimum absolute atomic E-state index is 0.264. The second-order valence-electron chi connectivity index (χ2n) is 7.18. The van der Waals surface area contributed by atoms with E-state index in [9.17, 15) is 4.79 Å². The highest BCUT2D eigenvalue weighted by atomic mass is 16.1. The van der Waals surface area contributed by atoms with Crippen LogP contribution in [0.3, 0.4) is 0 Å². The Kier molecular flexibility index (Phi) is 5.39. The molecule has 0 aliphatic carbocycles. The molecular weight excluding hydrogens is 238 g/mol. The Morgan fingerprint density at radius 2 is 1.79 bits per heavy atom. The van der Waals surface area contributed by atoms with Gasteiger partial charge in [0.15, 0.2) is 0 Å². The highest BCUT2D eigenvalue weighted by Gasteiger charge is 2.32. The fourth-order valence-electron chi connectivity index (χ4n) is 2.78. The summed E-state index contributed by atoms with van der Waals surface area (Å²) < 4.78 is 0. The lowest BCUT2D eigenvalue weighted by Crippen LogP contribution is -2.53. The SMILES string of the molecule is CNC(C)(CCN1CCC(C(C)(C)C)CC1)C(N)=O. The maximum absolute atomic E-state index is 11.4. The first-order chi connectivity index (χ1) is 8.69. The van der Waals surface area contributed by atoms with Crippen molar-refractivity contribution in [2.75, 3.05) is 26.7 Å². The minimum atomic E-state index is -0.582.